The Bertz CT molecular complexity index is 1430. The Morgan fingerprint density at radius 2 is 1.88 bits per heavy atom. The van der Waals surface area contributed by atoms with Gasteiger partial charge in [0.25, 0.3) is 0 Å². The highest BCUT2D eigenvalue weighted by molar-refractivity contribution is 5.74. The Morgan fingerprint density at radius 1 is 1.07 bits per heavy atom. The molecular weight excluding hydrogens is 538 g/mol. The monoisotopic (exact) mass is 585 g/mol. The molecule has 0 saturated carbocycles. The molecule has 2 atom stereocenters. The first-order valence-electron chi connectivity index (χ1n) is 15.7. The second-order valence-corrected chi connectivity index (χ2v) is 12.8. The van der Waals surface area contributed by atoms with Crippen LogP contribution in [0.1, 0.15) is 61.9 Å². The third kappa shape index (κ3) is 7.57. The molecule has 230 valence electrons. The van der Waals surface area contributed by atoms with E-state index in [9.17, 15) is 4.79 Å². The maximum absolute atomic E-state index is 13.0. The van der Waals surface area contributed by atoms with Crippen molar-refractivity contribution < 1.29 is 19.0 Å². The van der Waals surface area contributed by atoms with Gasteiger partial charge in [0.05, 0.1) is 17.7 Å². The Labute approximate surface area is 256 Å². The maximum Gasteiger partial charge on any atom is 0.312 e. The van der Waals surface area contributed by atoms with Gasteiger partial charge in [0, 0.05) is 25.3 Å². The molecular formula is C36H47N3O4. The summed E-state index contributed by atoms with van der Waals surface area (Å²) < 4.78 is 18.3. The SMILES string of the molecule is CCO[C@@H]1CN(c2cccc(-c3cc(C)ccc3OCc3ccc4c(c3C)CCNCC4)n2)CC[C@@H]1C(=O)OC(C)(C)C. The summed E-state index contributed by atoms with van der Waals surface area (Å²) in [4.78, 5) is 20.3. The maximum atomic E-state index is 13.0. The molecule has 1 fully saturated rings. The Morgan fingerprint density at radius 3 is 2.67 bits per heavy atom. The third-order valence-electron chi connectivity index (χ3n) is 8.43. The molecule has 0 spiro atoms. The summed E-state index contributed by atoms with van der Waals surface area (Å²) in [7, 11) is 0. The number of nitrogens with zero attached hydrogens (tertiary/aromatic N) is 2. The highest BCUT2D eigenvalue weighted by atomic mass is 16.6. The van der Waals surface area contributed by atoms with Crippen LogP contribution < -0.4 is 15.0 Å². The Balaban J connectivity index is 1.35. The average Bonchev–Trinajstić information content (AvgIpc) is 3.23. The van der Waals surface area contributed by atoms with Crippen LogP contribution in [0.4, 0.5) is 5.82 Å². The van der Waals surface area contributed by atoms with Gasteiger partial charge in [0.2, 0.25) is 0 Å². The molecule has 7 heteroatoms. The van der Waals surface area contributed by atoms with Crippen molar-refractivity contribution in [3.8, 4) is 17.0 Å². The van der Waals surface area contributed by atoms with Crippen molar-refractivity contribution in [3.05, 3.63) is 76.3 Å². The number of anilines is 1. The number of ether oxygens (including phenoxy) is 3. The summed E-state index contributed by atoms with van der Waals surface area (Å²) >= 11 is 0. The molecule has 5 rings (SSSR count). The predicted octanol–water partition coefficient (Wildman–Crippen LogP) is 6.21. The van der Waals surface area contributed by atoms with Gasteiger partial charge in [0.15, 0.2) is 0 Å². The number of benzene rings is 2. The van der Waals surface area contributed by atoms with E-state index in [-0.39, 0.29) is 18.0 Å². The van der Waals surface area contributed by atoms with Crippen molar-refractivity contribution in [2.75, 3.05) is 37.7 Å². The van der Waals surface area contributed by atoms with Crippen LogP contribution in [0.25, 0.3) is 11.3 Å². The summed E-state index contributed by atoms with van der Waals surface area (Å²) in [6.07, 6.45) is 2.53. The lowest BCUT2D eigenvalue weighted by atomic mass is 9.93. The molecule has 0 radical (unpaired) electrons. The van der Waals surface area contributed by atoms with E-state index in [0.29, 0.717) is 32.7 Å². The van der Waals surface area contributed by atoms with E-state index in [1.165, 1.54) is 22.3 Å². The summed E-state index contributed by atoms with van der Waals surface area (Å²) in [5.74, 6) is 1.22. The van der Waals surface area contributed by atoms with Crippen molar-refractivity contribution in [1.29, 1.82) is 0 Å². The van der Waals surface area contributed by atoms with Crippen LogP contribution >= 0.6 is 0 Å². The minimum atomic E-state index is -0.524. The van der Waals surface area contributed by atoms with Crippen molar-refractivity contribution in [2.45, 2.75) is 79.1 Å². The minimum absolute atomic E-state index is 0.185. The van der Waals surface area contributed by atoms with E-state index in [2.05, 4.69) is 54.4 Å². The zero-order valence-corrected chi connectivity index (χ0v) is 26.7. The van der Waals surface area contributed by atoms with E-state index >= 15 is 0 Å². The van der Waals surface area contributed by atoms with Gasteiger partial charge in [0.1, 0.15) is 23.8 Å². The van der Waals surface area contributed by atoms with Gasteiger partial charge in [-0.3, -0.25) is 4.79 Å². The molecule has 2 aromatic carbocycles. The fourth-order valence-electron chi connectivity index (χ4n) is 6.19. The van der Waals surface area contributed by atoms with Crippen LogP contribution in [0.5, 0.6) is 5.75 Å². The minimum Gasteiger partial charge on any atom is -0.488 e. The topological polar surface area (TPSA) is 72.9 Å². The molecule has 1 N–H and O–H groups in total. The van der Waals surface area contributed by atoms with Gasteiger partial charge in [-0.05, 0) is 120 Å². The number of hydrogen-bond acceptors (Lipinski definition) is 7. The van der Waals surface area contributed by atoms with Crippen molar-refractivity contribution in [3.63, 3.8) is 0 Å². The highest BCUT2D eigenvalue weighted by Crippen LogP contribution is 2.34. The van der Waals surface area contributed by atoms with Crippen LogP contribution in [0.2, 0.25) is 0 Å². The van der Waals surface area contributed by atoms with Crippen LogP contribution in [0.3, 0.4) is 0 Å². The van der Waals surface area contributed by atoms with Gasteiger partial charge >= 0.3 is 5.97 Å². The number of nitrogens with one attached hydrogen (secondary N) is 1. The largest absolute Gasteiger partial charge is 0.488 e. The molecule has 7 nitrogen and oxygen atoms in total. The summed E-state index contributed by atoms with van der Waals surface area (Å²) in [6, 6.07) is 16.9. The second-order valence-electron chi connectivity index (χ2n) is 12.8. The molecule has 1 saturated heterocycles. The fraction of sp³-hybridized carbons (Fsp3) is 0.500. The van der Waals surface area contributed by atoms with Crippen LogP contribution in [-0.4, -0.2) is 55.4 Å². The Hall–Kier alpha value is -3.42. The summed E-state index contributed by atoms with van der Waals surface area (Å²) in [5.41, 5.74) is 7.95. The lowest BCUT2D eigenvalue weighted by Crippen LogP contribution is -2.49. The quantitative estimate of drug-likeness (QED) is 0.315. The van der Waals surface area contributed by atoms with Crippen LogP contribution in [0.15, 0.2) is 48.5 Å². The van der Waals surface area contributed by atoms with Crippen molar-refractivity contribution in [2.24, 2.45) is 5.92 Å². The second kappa shape index (κ2) is 13.5. The van der Waals surface area contributed by atoms with Crippen LogP contribution in [-0.2, 0) is 33.7 Å². The van der Waals surface area contributed by atoms with Gasteiger partial charge < -0.3 is 24.4 Å². The normalized spacial score (nSPS) is 19.0. The number of hydrogen-bond donors (Lipinski definition) is 1. The van der Waals surface area contributed by atoms with E-state index < -0.39 is 5.60 Å². The molecule has 2 aliphatic rings. The summed E-state index contributed by atoms with van der Waals surface area (Å²) in [5, 5.41) is 3.51. The van der Waals surface area contributed by atoms with Crippen molar-refractivity contribution in [1.82, 2.24) is 10.3 Å². The molecule has 0 aliphatic carbocycles. The number of carbonyl (C=O) groups excluding carboxylic acids is 1. The average molecular weight is 586 g/mol. The number of fused-ring (bicyclic) bond motifs is 1. The van der Waals surface area contributed by atoms with Crippen LogP contribution in [0, 0.1) is 19.8 Å². The number of carbonyl (C=O) groups is 1. The number of aromatic nitrogens is 1. The number of aryl methyl sites for hydroxylation is 1. The third-order valence-corrected chi connectivity index (χ3v) is 8.43. The van der Waals surface area contributed by atoms with E-state index in [4.69, 9.17) is 19.2 Å². The smallest absolute Gasteiger partial charge is 0.312 e. The number of pyridine rings is 1. The molecule has 0 bridgehead atoms. The zero-order valence-electron chi connectivity index (χ0n) is 26.7. The van der Waals surface area contributed by atoms with E-state index in [1.54, 1.807) is 0 Å². The number of rotatable bonds is 8. The first-order chi connectivity index (χ1) is 20.6. The molecule has 43 heavy (non-hydrogen) atoms. The first kappa shape index (κ1) is 31.0. The standard InChI is InChI=1S/C36H47N3O4/c1-7-41-33-22-39(20-17-29(33)35(40)43-36(4,5)6)34-10-8-9-31(38-34)30-21-24(2)11-14-32(30)42-23-27-13-12-26-15-18-37-19-16-28(26)25(27)3/h8-14,21,29,33,37H,7,15-20,22-23H2,1-6H3/t29-,33+/m0/s1. The van der Waals surface area contributed by atoms with Gasteiger partial charge in [-0.15, -0.1) is 0 Å². The summed E-state index contributed by atoms with van der Waals surface area (Å²) in [6.45, 7) is 16.4. The Kier molecular flexibility index (Phi) is 9.72. The molecule has 3 heterocycles. The molecule has 0 amide bonds. The highest BCUT2D eigenvalue weighted by Gasteiger charge is 2.38. The van der Waals surface area contributed by atoms with E-state index in [0.717, 1.165) is 54.3 Å². The van der Waals surface area contributed by atoms with Gasteiger partial charge in [-0.1, -0.05) is 29.8 Å². The number of esters is 1. The molecule has 2 aliphatic heterocycles. The molecule has 3 aromatic rings. The van der Waals surface area contributed by atoms with Crippen molar-refractivity contribution >= 4 is 11.8 Å². The fourth-order valence-corrected chi connectivity index (χ4v) is 6.19. The van der Waals surface area contributed by atoms with Gasteiger partial charge in [-0.25, -0.2) is 4.98 Å². The lowest BCUT2D eigenvalue weighted by molar-refractivity contribution is -0.166. The molecule has 1 aromatic heterocycles. The first-order valence-corrected chi connectivity index (χ1v) is 15.7. The zero-order chi connectivity index (χ0) is 30.6. The number of piperidine rings is 1. The molecule has 0 unspecified atom stereocenters. The van der Waals surface area contributed by atoms with Gasteiger partial charge in [-0.2, -0.15) is 0 Å². The predicted molar refractivity (Wildman–Crippen MR) is 172 cm³/mol. The lowest BCUT2D eigenvalue weighted by Gasteiger charge is -2.38. The van der Waals surface area contributed by atoms with E-state index in [1.807, 2.05) is 45.9 Å².